The molecule has 1 aromatic carbocycles. The summed E-state index contributed by atoms with van der Waals surface area (Å²) in [6.45, 7) is 4.96. The Bertz CT molecular complexity index is 692. The Hall–Kier alpha value is -1.92. The Morgan fingerprint density at radius 1 is 1.25 bits per heavy atom. The van der Waals surface area contributed by atoms with E-state index in [2.05, 4.69) is 33.4 Å². The standard InChI is InChI=1S/C18H24N4O2/c23-13-17-12-22(20-19-17)11-14-3-6-21(7-4-14)10-15-1-2-18-16(9-15)5-8-24-18/h1-2,9,12,14,23H,3-8,10-11,13H2. The normalized spacial score (nSPS) is 18.5. The Balaban J connectivity index is 1.28. The van der Waals surface area contributed by atoms with Crippen LogP contribution in [-0.2, 0) is 26.1 Å². The Morgan fingerprint density at radius 2 is 2.12 bits per heavy atom. The van der Waals surface area contributed by atoms with E-state index >= 15 is 0 Å². The minimum absolute atomic E-state index is 0.0374. The molecule has 2 aliphatic rings. The molecule has 0 radical (unpaired) electrons. The molecule has 4 rings (SSSR count). The number of ether oxygens (including phenoxy) is 1. The lowest BCUT2D eigenvalue weighted by molar-refractivity contribution is 0.164. The van der Waals surface area contributed by atoms with Crippen molar-refractivity contribution in [1.29, 1.82) is 0 Å². The van der Waals surface area contributed by atoms with Gasteiger partial charge in [0.05, 0.1) is 19.4 Å². The van der Waals surface area contributed by atoms with Crippen molar-refractivity contribution in [3.63, 3.8) is 0 Å². The highest BCUT2D eigenvalue weighted by Gasteiger charge is 2.21. The van der Waals surface area contributed by atoms with Crippen LogP contribution in [0.15, 0.2) is 24.4 Å². The van der Waals surface area contributed by atoms with E-state index in [1.165, 1.54) is 24.0 Å². The van der Waals surface area contributed by atoms with E-state index in [0.29, 0.717) is 11.6 Å². The van der Waals surface area contributed by atoms with Crippen molar-refractivity contribution in [3.8, 4) is 5.75 Å². The zero-order valence-electron chi connectivity index (χ0n) is 13.9. The number of aliphatic hydroxyl groups is 1. The van der Waals surface area contributed by atoms with Crippen LogP contribution in [0.1, 0.15) is 29.7 Å². The molecule has 0 aliphatic carbocycles. The van der Waals surface area contributed by atoms with Crippen LogP contribution < -0.4 is 4.74 Å². The second-order valence-electron chi connectivity index (χ2n) is 6.85. The van der Waals surface area contributed by atoms with Gasteiger partial charge < -0.3 is 9.84 Å². The minimum atomic E-state index is -0.0374. The highest BCUT2D eigenvalue weighted by atomic mass is 16.5. The van der Waals surface area contributed by atoms with Gasteiger partial charge >= 0.3 is 0 Å². The number of hydrogen-bond donors (Lipinski definition) is 1. The summed E-state index contributed by atoms with van der Waals surface area (Å²) >= 11 is 0. The van der Waals surface area contributed by atoms with Crippen LogP contribution in [0.2, 0.25) is 0 Å². The van der Waals surface area contributed by atoms with Crippen LogP contribution in [0.3, 0.4) is 0 Å². The number of benzene rings is 1. The predicted octanol–water partition coefficient (Wildman–Crippen LogP) is 1.62. The van der Waals surface area contributed by atoms with Crippen LogP contribution in [0.5, 0.6) is 5.75 Å². The second-order valence-corrected chi connectivity index (χ2v) is 6.85. The second kappa shape index (κ2) is 6.91. The molecule has 0 saturated carbocycles. The maximum atomic E-state index is 9.06. The molecule has 3 heterocycles. The third kappa shape index (κ3) is 3.44. The maximum absolute atomic E-state index is 9.06. The van der Waals surface area contributed by atoms with E-state index in [0.717, 1.165) is 45.0 Å². The smallest absolute Gasteiger partial charge is 0.122 e. The molecule has 1 N–H and O–H groups in total. The largest absolute Gasteiger partial charge is 0.493 e. The average Bonchev–Trinajstić information content (AvgIpc) is 3.25. The van der Waals surface area contributed by atoms with Crippen molar-refractivity contribution in [2.24, 2.45) is 5.92 Å². The number of piperidine rings is 1. The van der Waals surface area contributed by atoms with Crippen LogP contribution in [0.25, 0.3) is 0 Å². The van der Waals surface area contributed by atoms with Crippen LogP contribution >= 0.6 is 0 Å². The van der Waals surface area contributed by atoms with Crippen molar-refractivity contribution < 1.29 is 9.84 Å². The molecule has 1 saturated heterocycles. The molecule has 1 fully saturated rings. The third-order valence-corrected chi connectivity index (χ3v) is 5.06. The van der Waals surface area contributed by atoms with Gasteiger partial charge in [0.1, 0.15) is 11.4 Å². The topological polar surface area (TPSA) is 63.4 Å². The van der Waals surface area contributed by atoms with Gasteiger partial charge in [-0.3, -0.25) is 9.58 Å². The summed E-state index contributed by atoms with van der Waals surface area (Å²) in [5.74, 6) is 1.70. The Kier molecular flexibility index (Phi) is 4.49. The summed E-state index contributed by atoms with van der Waals surface area (Å²) in [5, 5.41) is 17.1. The number of fused-ring (bicyclic) bond motifs is 1. The first-order valence-corrected chi connectivity index (χ1v) is 8.77. The average molecular weight is 328 g/mol. The van der Waals surface area contributed by atoms with Crippen molar-refractivity contribution in [2.45, 2.75) is 39.0 Å². The van der Waals surface area contributed by atoms with Gasteiger partial charge in [-0.15, -0.1) is 5.10 Å². The molecule has 2 aliphatic heterocycles. The maximum Gasteiger partial charge on any atom is 0.122 e. The van der Waals surface area contributed by atoms with E-state index in [9.17, 15) is 0 Å². The zero-order valence-corrected chi connectivity index (χ0v) is 13.9. The first-order chi connectivity index (χ1) is 11.8. The minimum Gasteiger partial charge on any atom is -0.493 e. The number of rotatable bonds is 5. The Morgan fingerprint density at radius 3 is 2.92 bits per heavy atom. The van der Waals surface area contributed by atoms with Gasteiger partial charge in [-0.05, 0) is 49.0 Å². The van der Waals surface area contributed by atoms with E-state index < -0.39 is 0 Å². The summed E-state index contributed by atoms with van der Waals surface area (Å²) in [6, 6.07) is 6.62. The van der Waals surface area contributed by atoms with E-state index in [1.54, 1.807) is 0 Å². The fourth-order valence-corrected chi connectivity index (χ4v) is 3.69. The van der Waals surface area contributed by atoms with Crippen LogP contribution in [0, 0.1) is 5.92 Å². The van der Waals surface area contributed by atoms with Crippen molar-refractivity contribution >= 4 is 0 Å². The number of likely N-dealkylation sites (tertiary alicyclic amines) is 1. The molecule has 1 aromatic heterocycles. The predicted molar refractivity (Wildman–Crippen MR) is 89.6 cm³/mol. The molecular formula is C18H24N4O2. The Labute approximate surface area is 142 Å². The van der Waals surface area contributed by atoms with E-state index in [1.807, 2.05) is 10.9 Å². The first kappa shape index (κ1) is 15.6. The third-order valence-electron chi connectivity index (χ3n) is 5.06. The van der Waals surface area contributed by atoms with Gasteiger partial charge in [0.25, 0.3) is 0 Å². The summed E-state index contributed by atoms with van der Waals surface area (Å²) < 4.78 is 7.45. The highest BCUT2D eigenvalue weighted by molar-refractivity contribution is 5.39. The lowest BCUT2D eigenvalue weighted by atomic mass is 9.96. The molecule has 0 unspecified atom stereocenters. The lowest BCUT2D eigenvalue weighted by Crippen LogP contribution is -2.34. The van der Waals surface area contributed by atoms with E-state index in [4.69, 9.17) is 9.84 Å². The van der Waals surface area contributed by atoms with Crippen LogP contribution in [-0.4, -0.2) is 44.7 Å². The quantitative estimate of drug-likeness (QED) is 0.903. The fraction of sp³-hybridized carbons (Fsp3) is 0.556. The summed E-state index contributed by atoms with van der Waals surface area (Å²) in [7, 11) is 0. The van der Waals surface area contributed by atoms with Gasteiger partial charge in [0.15, 0.2) is 0 Å². The van der Waals surface area contributed by atoms with Gasteiger partial charge in [-0.2, -0.15) is 0 Å². The molecule has 0 atom stereocenters. The van der Waals surface area contributed by atoms with Gasteiger partial charge in [0, 0.05) is 19.5 Å². The molecular weight excluding hydrogens is 304 g/mol. The number of nitrogens with zero attached hydrogens (tertiary/aromatic N) is 4. The summed E-state index contributed by atoms with van der Waals surface area (Å²) in [6.07, 6.45) is 5.25. The van der Waals surface area contributed by atoms with E-state index in [-0.39, 0.29) is 6.61 Å². The summed E-state index contributed by atoms with van der Waals surface area (Å²) in [5.41, 5.74) is 3.39. The van der Waals surface area contributed by atoms with Crippen LogP contribution in [0.4, 0.5) is 0 Å². The lowest BCUT2D eigenvalue weighted by Gasteiger charge is -2.31. The van der Waals surface area contributed by atoms with Gasteiger partial charge in [-0.1, -0.05) is 17.3 Å². The molecule has 0 spiro atoms. The molecule has 0 bridgehead atoms. The van der Waals surface area contributed by atoms with Gasteiger partial charge in [0.2, 0.25) is 0 Å². The number of aliphatic hydroxyl groups excluding tert-OH is 1. The molecule has 128 valence electrons. The highest BCUT2D eigenvalue weighted by Crippen LogP contribution is 2.27. The van der Waals surface area contributed by atoms with Gasteiger partial charge in [-0.25, -0.2) is 0 Å². The summed E-state index contributed by atoms with van der Waals surface area (Å²) in [4.78, 5) is 2.54. The molecule has 2 aromatic rings. The number of aromatic nitrogens is 3. The number of hydrogen-bond acceptors (Lipinski definition) is 5. The van der Waals surface area contributed by atoms with Crippen molar-refractivity contribution in [3.05, 3.63) is 41.2 Å². The molecule has 24 heavy (non-hydrogen) atoms. The first-order valence-electron chi connectivity index (χ1n) is 8.77. The molecule has 0 amide bonds. The van der Waals surface area contributed by atoms with Crippen molar-refractivity contribution in [1.82, 2.24) is 19.9 Å². The SMILES string of the molecule is OCc1cn(CC2CCN(Cc3ccc4c(c3)CCO4)CC2)nn1. The fourth-order valence-electron chi connectivity index (χ4n) is 3.69. The molecule has 6 heteroatoms. The zero-order chi connectivity index (χ0) is 16.4. The molecule has 6 nitrogen and oxygen atoms in total. The van der Waals surface area contributed by atoms with Crippen molar-refractivity contribution in [2.75, 3.05) is 19.7 Å². The monoisotopic (exact) mass is 328 g/mol.